The van der Waals surface area contributed by atoms with Gasteiger partial charge in [0, 0.05) is 45.8 Å². The molecular weight excluding hydrogens is 264 g/mol. The number of nitrogens with zero attached hydrogens (tertiary/aromatic N) is 3. The Balaban J connectivity index is 2.88. The van der Waals surface area contributed by atoms with Gasteiger partial charge in [-0.3, -0.25) is 0 Å². The number of rotatable bonds is 9. The fourth-order valence-electron chi connectivity index (χ4n) is 2.02. The second-order valence-corrected chi connectivity index (χ2v) is 6.02. The molecule has 0 atom stereocenters. The monoisotopic (exact) mass is 294 g/mol. The van der Waals surface area contributed by atoms with E-state index in [0.29, 0.717) is 12.0 Å². The van der Waals surface area contributed by atoms with Crippen LogP contribution in [-0.2, 0) is 11.3 Å². The van der Waals surface area contributed by atoms with E-state index >= 15 is 0 Å². The number of anilines is 1. The van der Waals surface area contributed by atoms with E-state index in [1.807, 2.05) is 6.20 Å². The Morgan fingerprint density at radius 2 is 2.00 bits per heavy atom. The summed E-state index contributed by atoms with van der Waals surface area (Å²) in [5, 5.41) is 3.45. The van der Waals surface area contributed by atoms with Crippen LogP contribution in [0.4, 0.5) is 5.69 Å². The van der Waals surface area contributed by atoms with Crippen LogP contribution >= 0.6 is 0 Å². The van der Waals surface area contributed by atoms with Gasteiger partial charge >= 0.3 is 0 Å². The van der Waals surface area contributed by atoms with Crippen LogP contribution < -0.4 is 10.2 Å². The normalized spacial score (nSPS) is 11.4. The number of nitrogens with one attached hydrogen (secondary N) is 1. The zero-order valence-electron chi connectivity index (χ0n) is 14.3. The molecule has 1 rings (SSSR count). The quantitative estimate of drug-likeness (QED) is 0.709. The molecule has 0 amide bonds. The molecule has 1 heterocycles. The highest BCUT2D eigenvalue weighted by molar-refractivity contribution is 5.48. The van der Waals surface area contributed by atoms with Crippen molar-refractivity contribution in [1.29, 1.82) is 0 Å². The zero-order chi connectivity index (χ0) is 15.8. The first-order chi connectivity index (χ1) is 9.95. The van der Waals surface area contributed by atoms with Crippen molar-refractivity contribution in [2.24, 2.45) is 0 Å². The fraction of sp³-hybridized carbons (Fsp3) is 0.750. The van der Waals surface area contributed by atoms with E-state index in [9.17, 15) is 0 Å². The summed E-state index contributed by atoms with van der Waals surface area (Å²) < 4.78 is 5.12. The molecule has 5 nitrogen and oxygen atoms in total. The maximum Gasteiger partial charge on any atom is 0.131 e. The molecule has 0 aliphatic carbocycles. The predicted octanol–water partition coefficient (Wildman–Crippen LogP) is 2.57. The van der Waals surface area contributed by atoms with Gasteiger partial charge in [0.1, 0.15) is 5.82 Å². The minimum atomic E-state index is 0.343. The van der Waals surface area contributed by atoms with Crippen LogP contribution in [-0.4, -0.2) is 43.3 Å². The van der Waals surface area contributed by atoms with Crippen LogP contribution in [0.1, 0.15) is 51.6 Å². The summed E-state index contributed by atoms with van der Waals surface area (Å²) in [7, 11) is 3.82. The molecule has 0 aromatic carbocycles. The van der Waals surface area contributed by atoms with Gasteiger partial charge in [0.05, 0.1) is 17.6 Å². The van der Waals surface area contributed by atoms with Gasteiger partial charge in [-0.05, 0) is 6.42 Å². The van der Waals surface area contributed by atoms with Crippen molar-refractivity contribution in [2.75, 3.05) is 32.2 Å². The van der Waals surface area contributed by atoms with Gasteiger partial charge in [0.15, 0.2) is 0 Å². The van der Waals surface area contributed by atoms with Crippen molar-refractivity contribution < 1.29 is 4.74 Å². The summed E-state index contributed by atoms with van der Waals surface area (Å²) in [5.74, 6) is 1.25. The summed E-state index contributed by atoms with van der Waals surface area (Å²) in [6.45, 7) is 11.0. The molecule has 0 saturated carbocycles. The van der Waals surface area contributed by atoms with Gasteiger partial charge < -0.3 is 15.0 Å². The third-order valence-electron chi connectivity index (χ3n) is 3.31. The van der Waals surface area contributed by atoms with E-state index in [-0.39, 0.29) is 0 Å². The van der Waals surface area contributed by atoms with Crippen molar-refractivity contribution in [3.8, 4) is 0 Å². The Morgan fingerprint density at radius 3 is 2.57 bits per heavy atom. The van der Waals surface area contributed by atoms with E-state index < -0.39 is 0 Å². The smallest absolute Gasteiger partial charge is 0.131 e. The first-order valence-electron chi connectivity index (χ1n) is 7.75. The molecule has 0 unspecified atom stereocenters. The third kappa shape index (κ3) is 5.98. The highest BCUT2D eigenvalue weighted by atomic mass is 16.5. The Bertz CT molecular complexity index is 421. The lowest BCUT2D eigenvalue weighted by Gasteiger charge is -2.23. The first-order valence-corrected chi connectivity index (χ1v) is 7.75. The standard InChI is InChI=1S/C16H30N4O/c1-12(2)16-18-11-15(20(5)8-7-9-21-6)14(19-16)10-17-13(3)4/h11-13,17H,7-10H2,1-6H3. The van der Waals surface area contributed by atoms with Crippen LogP contribution in [0, 0.1) is 0 Å². The van der Waals surface area contributed by atoms with E-state index in [0.717, 1.165) is 43.3 Å². The summed E-state index contributed by atoms with van der Waals surface area (Å²) in [5.41, 5.74) is 2.17. The summed E-state index contributed by atoms with van der Waals surface area (Å²) >= 11 is 0. The third-order valence-corrected chi connectivity index (χ3v) is 3.31. The summed E-state index contributed by atoms with van der Waals surface area (Å²) in [6.07, 6.45) is 2.95. The van der Waals surface area contributed by atoms with Gasteiger partial charge in [0.2, 0.25) is 0 Å². The number of ether oxygens (including phenoxy) is 1. The lowest BCUT2D eigenvalue weighted by Crippen LogP contribution is -2.27. The van der Waals surface area contributed by atoms with Crippen LogP contribution in [0.5, 0.6) is 0 Å². The molecule has 0 bridgehead atoms. The minimum Gasteiger partial charge on any atom is -0.385 e. The average Bonchev–Trinajstić information content (AvgIpc) is 2.44. The fourth-order valence-corrected chi connectivity index (χ4v) is 2.02. The van der Waals surface area contributed by atoms with Crippen molar-refractivity contribution in [3.63, 3.8) is 0 Å². The lowest BCUT2D eigenvalue weighted by atomic mass is 10.2. The van der Waals surface area contributed by atoms with Gasteiger partial charge in [-0.25, -0.2) is 9.97 Å². The largest absolute Gasteiger partial charge is 0.385 e. The van der Waals surface area contributed by atoms with E-state index in [1.54, 1.807) is 7.11 Å². The van der Waals surface area contributed by atoms with Gasteiger partial charge in [-0.2, -0.15) is 0 Å². The molecule has 5 heteroatoms. The molecule has 0 fully saturated rings. The molecule has 0 aliphatic rings. The molecule has 0 saturated heterocycles. The molecule has 0 spiro atoms. The van der Waals surface area contributed by atoms with Crippen molar-refractivity contribution in [1.82, 2.24) is 15.3 Å². The topological polar surface area (TPSA) is 50.3 Å². The van der Waals surface area contributed by atoms with E-state index in [4.69, 9.17) is 9.72 Å². The minimum absolute atomic E-state index is 0.343. The Morgan fingerprint density at radius 1 is 1.29 bits per heavy atom. The van der Waals surface area contributed by atoms with Gasteiger partial charge in [-0.1, -0.05) is 27.7 Å². The van der Waals surface area contributed by atoms with E-state index in [2.05, 4.69) is 49.9 Å². The molecule has 21 heavy (non-hydrogen) atoms. The lowest BCUT2D eigenvalue weighted by molar-refractivity contribution is 0.196. The van der Waals surface area contributed by atoms with Crippen LogP contribution in [0.2, 0.25) is 0 Å². The molecule has 120 valence electrons. The summed E-state index contributed by atoms with van der Waals surface area (Å²) in [4.78, 5) is 11.5. The van der Waals surface area contributed by atoms with Crippen molar-refractivity contribution in [2.45, 2.75) is 52.6 Å². The van der Waals surface area contributed by atoms with Gasteiger partial charge in [-0.15, -0.1) is 0 Å². The van der Waals surface area contributed by atoms with Crippen molar-refractivity contribution in [3.05, 3.63) is 17.7 Å². The van der Waals surface area contributed by atoms with Crippen LogP contribution in [0.15, 0.2) is 6.20 Å². The molecular formula is C16H30N4O. The van der Waals surface area contributed by atoms with E-state index in [1.165, 1.54) is 0 Å². The average molecular weight is 294 g/mol. The molecule has 0 aliphatic heterocycles. The summed E-state index contributed by atoms with van der Waals surface area (Å²) in [6, 6.07) is 0.439. The van der Waals surface area contributed by atoms with Crippen LogP contribution in [0.25, 0.3) is 0 Å². The first kappa shape index (κ1) is 17.9. The SMILES string of the molecule is COCCCN(C)c1cnc(C(C)C)nc1CNC(C)C. The Kier molecular flexibility index (Phi) is 7.61. The number of methoxy groups -OCH3 is 1. The maximum absolute atomic E-state index is 5.12. The highest BCUT2D eigenvalue weighted by Gasteiger charge is 2.13. The predicted molar refractivity (Wildman–Crippen MR) is 87.9 cm³/mol. The van der Waals surface area contributed by atoms with Crippen LogP contribution in [0.3, 0.4) is 0 Å². The molecule has 1 aromatic heterocycles. The molecule has 1 N–H and O–H groups in total. The molecule has 0 radical (unpaired) electrons. The number of hydrogen-bond acceptors (Lipinski definition) is 5. The Hall–Kier alpha value is -1.20. The second kappa shape index (κ2) is 8.95. The highest BCUT2D eigenvalue weighted by Crippen LogP contribution is 2.19. The second-order valence-electron chi connectivity index (χ2n) is 6.02. The zero-order valence-corrected chi connectivity index (χ0v) is 14.3. The molecule has 1 aromatic rings. The van der Waals surface area contributed by atoms with Crippen molar-refractivity contribution >= 4 is 5.69 Å². The van der Waals surface area contributed by atoms with Gasteiger partial charge in [0.25, 0.3) is 0 Å². The Labute approximate surface area is 129 Å². The maximum atomic E-state index is 5.12. The number of aromatic nitrogens is 2. The number of hydrogen-bond donors (Lipinski definition) is 1.